The lowest BCUT2D eigenvalue weighted by Gasteiger charge is -2.13. The fourth-order valence-corrected chi connectivity index (χ4v) is 3.53. The molecule has 27 heavy (non-hydrogen) atoms. The third kappa shape index (κ3) is 4.24. The molecule has 140 valence electrons. The zero-order chi connectivity index (χ0) is 19.4. The van der Waals surface area contributed by atoms with Crippen molar-refractivity contribution in [1.29, 1.82) is 0 Å². The average molecular weight is 479 g/mol. The fraction of sp³-hybridized carbons (Fsp3) is 0.200. The van der Waals surface area contributed by atoms with Crippen LogP contribution in [0.25, 0.3) is 11.6 Å². The van der Waals surface area contributed by atoms with Crippen molar-refractivity contribution in [3.05, 3.63) is 51.1 Å². The minimum atomic E-state index is -0.444. The van der Waals surface area contributed by atoms with Gasteiger partial charge in [-0.05, 0) is 59.4 Å². The van der Waals surface area contributed by atoms with Crippen LogP contribution < -0.4 is 14.8 Å². The van der Waals surface area contributed by atoms with Gasteiger partial charge in [-0.3, -0.25) is 4.79 Å². The van der Waals surface area contributed by atoms with Gasteiger partial charge >= 0.3 is 5.97 Å². The van der Waals surface area contributed by atoms with E-state index in [4.69, 9.17) is 14.2 Å². The molecule has 0 unspecified atom stereocenters. The van der Waals surface area contributed by atoms with Gasteiger partial charge in [-0.1, -0.05) is 18.2 Å². The molecule has 0 spiro atoms. The zero-order valence-electron chi connectivity index (χ0n) is 14.9. The summed E-state index contributed by atoms with van der Waals surface area (Å²) in [6.07, 6.45) is 1.81. The maximum absolute atomic E-state index is 12.3. The first-order valence-electron chi connectivity index (χ1n) is 8.32. The molecular formula is C20H18INO5. The number of carbonyl (C=O) groups is 2. The van der Waals surface area contributed by atoms with Crippen LogP contribution in [-0.2, 0) is 14.3 Å². The second-order valence-corrected chi connectivity index (χ2v) is 6.85. The Morgan fingerprint density at radius 2 is 2.04 bits per heavy atom. The van der Waals surface area contributed by atoms with Gasteiger partial charge in [0.05, 0.1) is 17.3 Å². The highest BCUT2D eigenvalue weighted by Crippen LogP contribution is 2.37. The Hall–Kier alpha value is -2.55. The van der Waals surface area contributed by atoms with Gasteiger partial charge in [0.2, 0.25) is 0 Å². The van der Waals surface area contributed by atoms with Crippen molar-refractivity contribution in [2.24, 2.45) is 0 Å². The first kappa shape index (κ1) is 19.2. The normalized spacial score (nSPS) is 13.9. The van der Waals surface area contributed by atoms with Gasteiger partial charge in [-0.15, -0.1) is 0 Å². The molecule has 2 aromatic rings. The number of rotatable bonds is 6. The second kappa shape index (κ2) is 8.43. The molecule has 1 N–H and O–H groups in total. The lowest BCUT2D eigenvalue weighted by Crippen LogP contribution is -2.15. The molecule has 1 heterocycles. The predicted molar refractivity (Wildman–Crippen MR) is 111 cm³/mol. The first-order valence-corrected chi connectivity index (χ1v) is 9.39. The van der Waals surface area contributed by atoms with E-state index in [1.807, 2.05) is 30.3 Å². The molecule has 0 saturated heterocycles. The van der Waals surface area contributed by atoms with Crippen molar-refractivity contribution in [3.63, 3.8) is 0 Å². The van der Waals surface area contributed by atoms with E-state index in [0.717, 1.165) is 20.4 Å². The number of carbonyl (C=O) groups excluding carboxylic acids is 2. The summed E-state index contributed by atoms with van der Waals surface area (Å²) in [4.78, 5) is 23.8. The molecule has 2 aromatic carbocycles. The van der Waals surface area contributed by atoms with Gasteiger partial charge in [-0.25, -0.2) is 4.79 Å². The Bertz CT molecular complexity index is 923. The lowest BCUT2D eigenvalue weighted by molar-refractivity contribution is -0.145. The SMILES string of the molecule is CCOC(=O)COc1c(I)cc(/C=C2\C(=O)Nc3ccccc32)cc1OC. The van der Waals surface area contributed by atoms with Crippen LogP contribution >= 0.6 is 22.6 Å². The van der Waals surface area contributed by atoms with Crippen LogP contribution in [0.2, 0.25) is 0 Å². The summed E-state index contributed by atoms with van der Waals surface area (Å²) in [5, 5.41) is 2.85. The molecule has 1 aliphatic heterocycles. The molecule has 7 heteroatoms. The molecule has 6 nitrogen and oxygen atoms in total. The van der Waals surface area contributed by atoms with Crippen molar-refractivity contribution in [2.45, 2.75) is 6.92 Å². The van der Waals surface area contributed by atoms with Gasteiger partial charge in [0, 0.05) is 16.8 Å². The van der Waals surface area contributed by atoms with Crippen LogP contribution in [0.4, 0.5) is 5.69 Å². The number of methoxy groups -OCH3 is 1. The Labute approximate surface area is 170 Å². The number of fused-ring (bicyclic) bond motifs is 1. The number of hydrogen-bond acceptors (Lipinski definition) is 5. The number of para-hydroxylation sites is 1. The third-order valence-electron chi connectivity index (χ3n) is 3.91. The number of nitrogens with one attached hydrogen (secondary N) is 1. The number of benzene rings is 2. The maximum atomic E-state index is 12.3. The van der Waals surface area contributed by atoms with Crippen molar-refractivity contribution >= 4 is 51.8 Å². The molecule has 0 bridgehead atoms. The maximum Gasteiger partial charge on any atom is 0.344 e. The summed E-state index contributed by atoms with van der Waals surface area (Å²) in [5.41, 5.74) is 3.04. The van der Waals surface area contributed by atoms with Gasteiger partial charge in [0.25, 0.3) is 5.91 Å². The van der Waals surface area contributed by atoms with E-state index in [1.165, 1.54) is 7.11 Å². The summed E-state index contributed by atoms with van der Waals surface area (Å²) >= 11 is 2.11. The Morgan fingerprint density at radius 3 is 2.78 bits per heavy atom. The van der Waals surface area contributed by atoms with Gasteiger partial charge in [0.1, 0.15) is 0 Å². The highest BCUT2D eigenvalue weighted by atomic mass is 127. The standard InChI is InChI=1S/C20H18INO5/c1-3-26-18(23)11-27-19-15(21)9-12(10-17(19)25-2)8-14-13-6-4-5-7-16(13)22-20(14)24/h4-10H,3,11H2,1-2H3,(H,22,24)/b14-8-. The molecule has 0 aromatic heterocycles. The van der Waals surface area contributed by atoms with E-state index in [9.17, 15) is 9.59 Å². The number of anilines is 1. The molecule has 0 aliphatic carbocycles. The van der Waals surface area contributed by atoms with E-state index in [2.05, 4.69) is 27.9 Å². The predicted octanol–water partition coefficient (Wildman–Crippen LogP) is 3.73. The number of ether oxygens (including phenoxy) is 3. The number of esters is 1. The monoisotopic (exact) mass is 479 g/mol. The van der Waals surface area contributed by atoms with Gasteiger partial charge < -0.3 is 19.5 Å². The third-order valence-corrected chi connectivity index (χ3v) is 4.71. The van der Waals surface area contributed by atoms with E-state index in [1.54, 1.807) is 19.1 Å². The Balaban J connectivity index is 1.91. The van der Waals surface area contributed by atoms with Crippen LogP contribution in [0.3, 0.4) is 0 Å². The molecular weight excluding hydrogens is 461 g/mol. The van der Waals surface area contributed by atoms with Crippen molar-refractivity contribution in [1.82, 2.24) is 0 Å². The van der Waals surface area contributed by atoms with Gasteiger partial charge in [0.15, 0.2) is 18.1 Å². The topological polar surface area (TPSA) is 73.9 Å². The summed E-state index contributed by atoms with van der Waals surface area (Å²) in [6, 6.07) is 11.2. The highest BCUT2D eigenvalue weighted by molar-refractivity contribution is 14.1. The van der Waals surface area contributed by atoms with Crippen LogP contribution in [0.1, 0.15) is 18.1 Å². The number of hydrogen-bond donors (Lipinski definition) is 1. The van der Waals surface area contributed by atoms with E-state index < -0.39 is 5.97 Å². The lowest BCUT2D eigenvalue weighted by atomic mass is 10.0. The fourth-order valence-electron chi connectivity index (χ4n) is 2.75. The smallest absolute Gasteiger partial charge is 0.344 e. The summed E-state index contributed by atoms with van der Waals surface area (Å²) in [6.45, 7) is 1.84. The van der Waals surface area contributed by atoms with E-state index in [-0.39, 0.29) is 12.5 Å². The Kier molecular flexibility index (Phi) is 6.00. The molecule has 1 amide bonds. The first-order chi connectivity index (χ1) is 13.0. The van der Waals surface area contributed by atoms with Crippen LogP contribution in [-0.4, -0.2) is 32.2 Å². The zero-order valence-corrected chi connectivity index (χ0v) is 17.0. The van der Waals surface area contributed by atoms with Crippen LogP contribution in [0.15, 0.2) is 36.4 Å². The second-order valence-electron chi connectivity index (χ2n) is 5.69. The quantitative estimate of drug-likeness (QED) is 0.389. The van der Waals surface area contributed by atoms with Crippen molar-refractivity contribution in [2.75, 3.05) is 25.6 Å². The molecule has 0 saturated carbocycles. The van der Waals surface area contributed by atoms with Crippen molar-refractivity contribution < 1.29 is 23.8 Å². The largest absolute Gasteiger partial charge is 0.493 e. The minimum Gasteiger partial charge on any atom is -0.493 e. The van der Waals surface area contributed by atoms with Crippen LogP contribution in [0.5, 0.6) is 11.5 Å². The average Bonchev–Trinajstić information content (AvgIpc) is 2.96. The summed E-state index contributed by atoms with van der Waals surface area (Å²) < 4.78 is 16.6. The molecule has 0 fully saturated rings. The minimum absolute atomic E-state index is 0.146. The Morgan fingerprint density at radius 1 is 1.26 bits per heavy atom. The van der Waals surface area contributed by atoms with Crippen molar-refractivity contribution in [3.8, 4) is 11.5 Å². The number of amides is 1. The molecule has 0 radical (unpaired) electrons. The van der Waals surface area contributed by atoms with E-state index in [0.29, 0.717) is 23.7 Å². The van der Waals surface area contributed by atoms with E-state index >= 15 is 0 Å². The molecule has 3 rings (SSSR count). The van der Waals surface area contributed by atoms with Crippen LogP contribution in [0, 0.1) is 3.57 Å². The van der Waals surface area contributed by atoms with Gasteiger partial charge in [-0.2, -0.15) is 0 Å². The number of halogens is 1. The molecule has 0 atom stereocenters. The summed E-state index contributed by atoms with van der Waals surface area (Å²) in [7, 11) is 1.52. The highest BCUT2D eigenvalue weighted by Gasteiger charge is 2.23. The molecule has 1 aliphatic rings. The summed E-state index contributed by atoms with van der Waals surface area (Å²) in [5.74, 6) is 0.350.